The second-order valence-electron chi connectivity index (χ2n) is 3.90. The van der Waals surface area contributed by atoms with E-state index in [1.54, 1.807) is 36.4 Å². The standard InChI is InChI=1S/C15H11NO2.C2H6/c1-11-2-7-15(13(8-11)10-17)18-14-5-3-12(9-16)4-6-14;1-2/h2-8,10H,1H3;1-2H3. The molecule has 3 nitrogen and oxygen atoms in total. The van der Waals surface area contributed by atoms with E-state index in [1.165, 1.54) is 0 Å². The van der Waals surface area contributed by atoms with E-state index >= 15 is 0 Å². The van der Waals surface area contributed by atoms with Gasteiger partial charge in [-0.25, -0.2) is 0 Å². The second-order valence-corrected chi connectivity index (χ2v) is 3.90. The van der Waals surface area contributed by atoms with E-state index in [9.17, 15) is 4.79 Å². The zero-order chi connectivity index (χ0) is 15.0. The van der Waals surface area contributed by atoms with Crippen molar-refractivity contribution in [3.05, 3.63) is 59.2 Å². The SMILES string of the molecule is CC.Cc1ccc(Oc2ccc(C#N)cc2)c(C=O)c1. The Labute approximate surface area is 119 Å². The van der Waals surface area contributed by atoms with Gasteiger partial charge in [0.05, 0.1) is 17.2 Å². The minimum atomic E-state index is 0.513. The first-order valence-electron chi connectivity index (χ1n) is 6.47. The fraction of sp³-hybridized carbons (Fsp3) is 0.176. The molecule has 0 atom stereocenters. The summed E-state index contributed by atoms with van der Waals surface area (Å²) in [6.45, 7) is 5.92. The van der Waals surface area contributed by atoms with Crippen LogP contribution in [0.2, 0.25) is 0 Å². The van der Waals surface area contributed by atoms with E-state index in [0.717, 1.165) is 11.8 Å². The lowest BCUT2D eigenvalue weighted by Crippen LogP contribution is -1.91. The van der Waals surface area contributed by atoms with E-state index in [2.05, 4.69) is 0 Å². The van der Waals surface area contributed by atoms with Crippen LogP contribution in [-0.4, -0.2) is 6.29 Å². The third-order valence-corrected chi connectivity index (χ3v) is 2.50. The van der Waals surface area contributed by atoms with Crippen molar-refractivity contribution in [3.8, 4) is 17.6 Å². The Morgan fingerprint density at radius 2 is 1.75 bits per heavy atom. The Balaban J connectivity index is 0.000000956. The summed E-state index contributed by atoms with van der Waals surface area (Å²) in [5.41, 5.74) is 2.09. The Hall–Kier alpha value is -2.60. The molecule has 0 N–H and O–H groups in total. The third-order valence-electron chi connectivity index (χ3n) is 2.50. The molecule has 2 rings (SSSR count). The summed E-state index contributed by atoms with van der Waals surface area (Å²) in [6, 6.07) is 14.2. The fourth-order valence-corrected chi connectivity index (χ4v) is 1.58. The Bertz CT molecular complexity index is 610. The number of benzene rings is 2. The van der Waals surface area contributed by atoms with Crippen LogP contribution in [0, 0.1) is 18.3 Å². The highest BCUT2D eigenvalue weighted by atomic mass is 16.5. The molecule has 2 aromatic rings. The van der Waals surface area contributed by atoms with Gasteiger partial charge in [-0.3, -0.25) is 4.79 Å². The third kappa shape index (κ3) is 3.96. The van der Waals surface area contributed by atoms with E-state index < -0.39 is 0 Å². The number of hydrogen-bond acceptors (Lipinski definition) is 3. The number of rotatable bonds is 3. The molecule has 0 aliphatic rings. The van der Waals surface area contributed by atoms with Crippen LogP contribution in [0.25, 0.3) is 0 Å². The molecule has 0 aromatic heterocycles. The summed E-state index contributed by atoms with van der Waals surface area (Å²) in [6.07, 6.45) is 0.770. The van der Waals surface area contributed by atoms with Gasteiger partial charge in [-0.2, -0.15) is 5.26 Å². The zero-order valence-electron chi connectivity index (χ0n) is 11.9. The average Bonchev–Trinajstić information content (AvgIpc) is 2.51. The molecule has 0 unspecified atom stereocenters. The zero-order valence-corrected chi connectivity index (χ0v) is 11.9. The summed E-state index contributed by atoms with van der Waals surface area (Å²) in [5, 5.41) is 8.69. The highest BCUT2D eigenvalue weighted by Crippen LogP contribution is 2.25. The van der Waals surface area contributed by atoms with Crippen LogP contribution in [0.15, 0.2) is 42.5 Å². The predicted molar refractivity (Wildman–Crippen MR) is 79.1 cm³/mol. The summed E-state index contributed by atoms with van der Waals surface area (Å²) in [7, 11) is 0. The Morgan fingerprint density at radius 3 is 2.30 bits per heavy atom. The summed E-state index contributed by atoms with van der Waals surface area (Å²) < 4.78 is 5.61. The number of aryl methyl sites for hydroxylation is 1. The second kappa shape index (κ2) is 7.75. The molecule has 0 saturated heterocycles. The molecule has 0 amide bonds. The predicted octanol–water partition coefficient (Wildman–Crippen LogP) is 4.50. The highest BCUT2D eigenvalue weighted by molar-refractivity contribution is 5.79. The molecule has 20 heavy (non-hydrogen) atoms. The molecule has 0 aliphatic carbocycles. The van der Waals surface area contributed by atoms with Gasteiger partial charge in [-0.1, -0.05) is 25.5 Å². The van der Waals surface area contributed by atoms with E-state index in [4.69, 9.17) is 10.00 Å². The van der Waals surface area contributed by atoms with Gasteiger partial charge in [0.1, 0.15) is 11.5 Å². The minimum absolute atomic E-state index is 0.513. The molecule has 2 aromatic carbocycles. The Morgan fingerprint density at radius 1 is 1.10 bits per heavy atom. The summed E-state index contributed by atoms with van der Waals surface area (Å²) in [5.74, 6) is 1.11. The molecular weight excluding hydrogens is 250 g/mol. The quantitative estimate of drug-likeness (QED) is 0.769. The van der Waals surface area contributed by atoms with Crippen LogP contribution in [0.4, 0.5) is 0 Å². The average molecular weight is 267 g/mol. The van der Waals surface area contributed by atoms with Gasteiger partial charge in [0.15, 0.2) is 6.29 Å². The monoisotopic (exact) mass is 267 g/mol. The molecule has 0 spiro atoms. The van der Waals surface area contributed by atoms with Gasteiger partial charge >= 0.3 is 0 Å². The maximum Gasteiger partial charge on any atom is 0.153 e. The van der Waals surface area contributed by atoms with Crippen molar-refractivity contribution in [1.82, 2.24) is 0 Å². The first kappa shape index (κ1) is 15.5. The van der Waals surface area contributed by atoms with Crippen LogP contribution < -0.4 is 4.74 Å². The van der Waals surface area contributed by atoms with Gasteiger partial charge < -0.3 is 4.74 Å². The molecule has 3 heteroatoms. The van der Waals surface area contributed by atoms with Crippen LogP contribution >= 0.6 is 0 Å². The number of carbonyl (C=O) groups excluding carboxylic acids is 1. The smallest absolute Gasteiger partial charge is 0.153 e. The fourth-order valence-electron chi connectivity index (χ4n) is 1.58. The van der Waals surface area contributed by atoms with Crippen LogP contribution in [-0.2, 0) is 0 Å². The minimum Gasteiger partial charge on any atom is -0.457 e. The number of nitriles is 1. The van der Waals surface area contributed by atoms with Gasteiger partial charge in [-0.15, -0.1) is 0 Å². The molecule has 0 radical (unpaired) electrons. The highest BCUT2D eigenvalue weighted by Gasteiger charge is 2.04. The molecule has 0 fully saturated rings. The Kier molecular flexibility index (Phi) is 5.99. The first-order chi connectivity index (χ1) is 9.72. The van der Waals surface area contributed by atoms with E-state index in [-0.39, 0.29) is 0 Å². The molecule has 0 saturated carbocycles. The van der Waals surface area contributed by atoms with Crippen LogP contribution in [0.1, 0.15) is 35.3 Å². The maximum absolute atomic E-state index is 10.9. The largest absolute Gasteiger partial charge is 0.457 e. The van der Waals surface area contributed by atoms with Gasteiger partial charge in [0.25, 0.3) is 0 Å². The lowest BCUT2D eigenvalue weighted by Gasteiger charge is -2.08. The molecular formula is C17H17NO2. The molecule has 0 heterocycles. The topological polar surface area (TPSA) is 50.1 Å². The maximum atomic E-state index is 10.9. The molecule has 0 aliphatic heterocycles. The van der Waals surface area contributed by atoms with Crippen molar-refractivity contribution in [3.63, 3.8) is 0 Å². The van der Waals surface area contributed by atoms with Crippen LogP contribution in [0.5, 0.6) is 11.5 Å². The summed E-state index contributed by atoms with van der Waals surface area (Å²) in [4.78, 5) is 10.9. The van der Waals surface area contributed by atoms with Crippen LogP contribution in [0.3, 0.4) is 0 Å². The number of carbonyl (C=O) groups is 1. The van der Waals surface area contributed by atoms with Crippen molar-refractivity contribution in [2.24, 2.45) is 0 Å². The van der Waals surface area contributed by atoms with E-state index in [1.807, 2.05) is 32.9 Å². The lowest BCUT2D eigenvalue weighted by molar-refractivity contribution is 0.112. The number of ether oxygens (including phenoxy) is 1. The number of aldehydes is 1. The lowest BCUT2D eigenvalue weighted by atomic mass is 10.1. The number of hydrogen-bond donors (Lipinski definition) is 0. The summed E-state index contributed by atoms with van der Waals surface area (Å²) >= 11 is 0. The van der Waals surface area contributed by atoms with Gasteiger partial charge in [0.2, 0.25) is 0 Å². The first-order valence-corrected chi connectivity index (χ1v) is 6.47. The number of nitrogens with zero attached hydrogens (tertiary/aromatic N) is 1. The van der Waals surface area contributed by atoms with Gasteiger partial charge in [-0.05, 0) is 43.3 Å². The van der Waals surface area contributed by atoms with Crippen molar-refractivity contribution >= 4 is 6.29 Å². The van der Waals surface area contributed by atoms with Crippen molar-refractivity contribution in [2.75, 3.05) is 0 Å². The van der Waals surface area contributed by atoms with Crippen molar-refractivity contribution < 1.29 is 9.53 Å². The van der Waals surface area contributed by atoms with Crippen molar-refractivity contribution in [1.29, 1.82) is 5.26 Å². The van der Waals surface area contributed by atoms with Crippen molar-refractivity contribution in [2.45, 2.75) is 20.8 Å². The normalized spacial score (nSPS) is 8.90. The molecule has 0 bridgehead atoms. The van der Waals surface area contributed by atoms with Gasteiger partial charge in [0, 0.05) is 0 Å². The molecule has 102 valence electrons. The van der Waals surface area contributed by atoms with E-state index in [0.29, 0.717) is 22.6 Å².